The van der Waals surface area contributed by atoms with Crippen LogP contribution in [0.3, 0.4) is 0 Å². The van der Waals surface area contributed by atoms with E-state index in [1.54, 1.807) is 12.4 Å². The normalized spacial score (nSPS) is 13.2. The molecule has 1 aromatic carbocycles. The zero-order valence-electron chi connectivity index (χ0n) is 14.2. The van der Waals surface area contributed by atoms with Gasteiger partial charge in [-0.05, 0) is 48.2 Å². The summed E-state index contributed by atoms with van der Waals surface area (Å²) in [6, 6.07) is 11.5. The van der Waals surface area contributed by atoms with Crippen LogP contribution in [0.25, 0.3) is 22.5 Å². The van der Waals surface area contributed by atoms with E-state index < -0.39 is 0 Å². The number of carbonyl (C=O) groups excluding carboxylic acids is 1. The summed E-state index contributed by atoms with van der Waals surface area (Å²) in [7, 11) is 1.86. The fraction of sp³-hybridized carbons (Fsp3) is 0.211. The van der Waals surface area contributed by atoms with Crippen LogP contribution < -0.4 is 5.32 Å². The van der Waals surface area contributed by atoms with E-state index in [4.69, 9.17) is 0 Å². The predicted molar refractivity (Wildman–Crippen MR) is 96.0 cm³/mol. The molecule has 0 radical (unpaired) electrons. The van der Waals surface area contributed by atoms with Gasteiger partial charge in [0.05, 0.1) is 11.6 Å². The van der Waals surface area contributed by atoms with Crippen molar-refractivity contribution in [2.75, 3.05) is 5.32 Å². The van der Waals surface area contributed by atoms with E-state index >= 15 is 0 Å². The number of anilines is 1. The van der Waals surface area contributed by atoms with Gasteiger partial charge in [0, 0.05) is 24.2 Å². The molecule has 3 aromatic rings. The molecule has 26 heavy (non-hydrogen) atoms. The summed E-state index contributed by atoms with van der Waals surface area (Å²) in [6.45, 7) is 0. The Morgan fingerprint density at radius 2 is 2.12 bits per heavy atom. The molecular formula is C19H16N6O. The minimum atomic E-state index is 0.443. The molecule has 0 atom stereocenters. The molecule has 0 unspecified atom stereocenters. The van der Waals surface area contributed by atoms with E-state index in [0.29, 0.717) is 29.5 Å². The molecule has 0 aliphatic heterocycles. The molecule has 4 rings (SSSR count). The summed E-state index contributed by atoms with van der Waals surface area (Å²) in [4.78, 5) is 15.4. The van der Waals surface area contributed by atoms with Gasteiger partial charge in [0.1, 0.15) is 12.1 Å². The van der Waals surface area contributed by atoms with Crippen LogP contribution in [0.1, 0.15) is 30.0 Å². The second kappa shape index (κ2) is 6.41. The lowest BCUT2D eigenvalue weighted by molar-refractivity contribution is -0.105. The minimum absolute atomic E-state index is 0.443. The van der Waals surface area contributed by atoms with Crippen molar-refractivity contribution in [2.24, 2.45) is 7.05 Å². The third kappa shape index (κ3) is 2.93. The number of amides is 1. The summed E-state index contributed by atoms with van der Waals surface area (Å²) in [5, 5.41) is 20.1. The number of rotatable bonds is 5. The number of aromatic nitrogens is 4. The summed E-state index contributed by atoms with van der Waals surface area (Å²) >= 11 is 0. The van der Waals surface area contributed by atoms with Crippen LogP contribution in [0, 0.1) is 11.3 Å². The van der Waals surface area contributed by atoms with Crippen molar-refractivity contribution in [1.29, 1.82) is 5.26 Å². The molecule has 1 aliphatic carbocycles. The number of hydrogen-bond acceptors (Lipinski definition) is 5. The summed E-state index contributed by atoms with van der Waals surface area (Å²) in [6.07, 6.45) is 4.48. The molecule has 7 heteroatoms. The Morgan fingerprint density at radius 1 is 1.27 bits per heavy atom. The monoisotopic (exact) mass is 344 g/mol. The van der Waals surface area contributed by atoms with Crippen molar-refractivity contribution in [3.63, 3.8) is 0 Å². The molecule has 2 heterocycles. The van der Waals surface area contributed by atoms with Gasteiger partial charge in [-0.15, -0.1) is 10.2 Å². The van der Waals surface area contributed by atoms with E-state index in [9.17, 15) is 10.1 Å². The number of pyridine rings is 1. The highest BCUT2D eigenvalue weighted by Gasteiger charge is 2.26. The Hall–Kier alpha value is -3.53. The Kier molecular flexibility index (Phi) is 3.93. The Labute approximate surface area is 150 Å². The lowest BCUT2D eigenvalue weighted by atomic mass is 9.96. The second-order valence-electron chi connectivity index (χ2n) is 6.34. The predicted octanol–water partition coefficient (Wildman–Crippen LogP) is 2.86. The number of nitriles is 1. The zero-order chi connectivity index (χ0) is 18.1. The van der Waals surface area contributed by atoms with Crippen molar-refractivity contribution in [3.05, 3.63) is 47.9 Å². The van der Waals surface area contributed by atoms with Crippen molar-refractivity contribution < 1.29 is 4.79 Å². The van der Waals surface area contributed by atoms with Gasteiger partial charge >= 0.3 is 0 Å². The van der Waals surface area contributed by atoms with E-state index in [0.717, 1.165) is 35.2 Å². The Morgan fingerprint density at radius 3 is 2.77 bits per heavy atom. The highest BCUT2D eigenvalue weighted by Crippen LogP contribution is 2.42. The van der Waals surface area contributed by atoms with Crippen LogP contribution in [0.15, 0.2) is 36.7 Å². The minimum Gasteiger partial charge on any atom is -0.317 e. The topological polar surface area (TPSA) is 96.5 Å². The molecule has 1 saturated carbocycles. The summed E-state index contributed by atoms with van der Waals surface area (Å²) in [5.74, 6) is 1.64. The third-order valence-electron chi connectivity index (χ3n) is 4.46. The quantitative estimate of drug-likeness (QED) is 0.718. The van der Waals surface area contributed by atoms with E-state index in [1.165, 1.54) is 0 Å². The van der Waals surface area contributed by atoms with Gasteiger partial charge in [-0.1, -0.05) is 6.07 Å². The average molecular weight is 344 g/mol. The maximum atomic E-state index is 10.9. The maximum Gasteiger partial charge on any atom is 0.212 e. The highest BCUT2D eigenvalue weighted by atomic mass is 16.1. The zero-order valence-corrected chi connectivity index (χ0v) is 14.2. The van der Waals surface area contributed by atoms with Crippen LogP contribution in [-0.4, -0.2) is 26.2 Å². The van der Waals surface area contributed by atoms with E-state index in [2.05, 4.69) is 32.6 Å². The first-order chi connectivity index (χ1) is 12.7. The first kappa shape index (κ1) is 16.0. The number of nitrogens with zero attached hydrogens (tertiary/aromatic N) is 5. The molecule has 128 valence electrons. The summed E-state index contributed by atoms with van der Waals surface area (Å²) < 4.78 is 1.81. The molecule has 1 amide bonds. The molecule has 1 fully saturated rings. The SMILES string of the molecule is Cn1cnnc1-c1cc(C#N)ccc1-c1cc(NC=O)nc(C2CC2)c1. The number of aryl methyl sites for hydroxylation is 1. The summed E-state index contributed by atoms with van der Waals surface area (Å²) in [5.41, 5.74) is 4.18. The number of nitrogens with one attached hydrogen (secondary N) is 1. The largest absolute Gasteiger partial charge is 0.317 e. The lowest BCUT2D eigenvalue weighted by Gasteiger charge is -2.12. The standard InChI is InChI=1S/C19H16N6O/c1-25-10-22-24-19(25)16-6-12(9-20)2-5-15(16)14-7-17(13-3-4-13)23-18(8-14)21-11-26/h2,5-8,10-11,13H,3-4H2,1H3,(H,21,23,26). The molecule has 0 bridgehead atoms. The molecule has 0 spiro atoms. The van der Waals surface area contributed by atoms with Crippen molar-refractivity contribution in [3.8, 4) is 28.6 Å². The van der Waals surface area contributed by atoms with Crippen LogP contribution >= 0.6 is 0 Å². The van der Waals surface area contributed by atoms with Gasteiger partial charge in [0.25, 0.3) is 0 Å². The molecule has 1 N–H and O–H groups in total. The van der Waals surface area contributed by atoms with Crippen LogP contribution in [0.2, 0.25) is 0 Å². The maximum absolute atomic E-state index is 10.9. The Balaban J connectivity index is 1.91. The highest BCUT2D eigenvalue weighted by molar-refractivity contribution is 5.84. The average Bonchev–Trinajstić information content (AvgIpc) is 3.42. The Bertz CT molecular complexity index is 1030. The van der Waals surface area contributed by atoms with E-state index in [-0.39, 0.29) is 0 Å². The van der Waals surface area contributed by atoms with Crippen molar-refractivity contribution >= 4 is 12.2 Å². The number of carbonyl (C=O) groups is 1. The molecule has 2 aromatic heterocycles. The third-order valence-corrected chi connectivity index (χ3v) is 4.46. The first-order valence-electron chi connectivity index (χ1n) is 8.30. The fourth-order valence-corrected chi connectivity index (χ4v) is 3.01. The van der Waals surface area contributed by atoms with Gasteiger partial charge in [-0.3, -0.25) is 4.79 Å². The number of hydrogen-bond donors (Lipinski definition) is 1. The molecule has 0 saturated heterocycles. The molecule has 1 aliphatic rings. The van der Waals surface area contributed by atoms with Gasteiger partial charge in [0.2, 0.25) is 6.41 Å². The smallest absolute Gasteiger partial charge is 0.212 e. The van der Waals surface area contributed by atoms with Crippen LogP contribution in [-0.2, 0) is 11.8 Å². The van der Waals surface area contributed by atoms with Gasteiger partial charge in [0.15, 0.2) is 5.82 Å². The first-order valence-corrected chi connectivity index (χ1v) is 8.30. The van der Waals surface area contributed by atoms with Gasteiger partial charge < -0.3 is 9.88 Å². The van der Waals surface area contributed by atoms with Crippen LogP contribution in [0.5, 0.6) is 0 Å². The van der Waals surface area contributed by atoms with Crippen molar-refractivity contribution in [2.45, 2.75) is 18.8 Å². The molecular weight excluding hydrogens is 328 g/mol. The van der Waals surface area contributed by atoms with Crippen LogP contribution in [0.4, 0.5) is 5.82 Å². The number of benzene rings is 1. The fourth-order valence-electron chi connectivity index (χ4n) is 3.01. The lowest BCUT2D eigenvalue weighted by Crippen LogP contribution is -2.01. The van der Waals surface area contributed by atoms with Gasteiger partial charge in [-0.2, -0.15) is 5.26 Å². The second-order valence-corrected chi connectivity index (χ2v) is 6.34. The molecule has 7 nitrogen and oxygen atoms in total. The van der Waals surface area contributed by atoms with Gasteiger partial charge in [-0.25, -0.2) is 4.98 Å². The van der Waals surface area contributed by atoms with E-state index in [1.807, 2.05) is 29.8 Å². The van der Waals surface area contributed by atoms with Crippen molar-refractivity contribution in [1.82, 2.24) is 19.7 Å².